The van der Waals surface area contributed by atoms with Gasteiger partial charge in [-0.15, -0.1) is 0 Å². The molecule has 0 bridgehead atoms. The number of aliphatic hydroxyl groups is 1. The molecule has 1 aromatic carbocycles. The van der Waals surface area contributed by atoms with Crippen LogP contribution in [-0.2, 0) is 4.74 Å². The molecule has 1 unspecified atom stereocenters. The van der Waals surface area contributed by atoms with E-state index in [2.05, 4.69) is 15.3 Å². The second-order valence-electron chi connectivity index (χ2n) is 6.67. The highest BCUT2D eigenvalue weighted by atomic mass is 16.5. The van der Waals surface area contributed by atoms with Gasteiger partial charge in [0.05, 0.1) is 24.8 Å². The largest absolute Gasteiger partial charge is 0.488 e. The van der Waals surface area contributed by atoms with E-state index in [4.69, 9.17) is 9.47 Å². The third-order valence-electron chi connectivity index (χ3n) is 4.77. The van der Waals surface area contributed by atoms with Gasteiger partial charge in [-0.3, -0.25) is 0 Å². The van der Waals surface area contributed by atoms with Crippen molar-refractivity contribution in [3.05, 3.63) is 24.4 Å². The molecule has 1 atom stereocenters. The molecule has 2 aliphatic rings. The Morgan fingerprint density at radius 2 is 2.04 bits per heavy atom. The summed E-state index contributed by atoms with van der Waals surface area (Å²) in [5.74, 6) is 1.47. The molecule has 1 aliphatic heterocycles. The van der Waals surface area contributed by atoms with Crippen molar-refractivity contribution in [1.29, 1.82) is 0 Å². The Labute approximate surface area is 141 Å². The van der Waals surface area contributed by atoms with E-state index in [1.807, 2.05) is 24.4 Å². The van der Waals surface area contributed by atoms with E-state index in [0.717, 1.165) is 55.4 Å². The first-order valence-electron chi connectivity index (χ1n) is 8.72. The third kappa shape index (κ3) is 3.60. The van der Waals surface area contributed by atoms with E-state index in [1.165, 1.54) is 0 Å². The Kier molecular flexibility index (Phi) is 4.49. The average Bonchev–Trinajstić information content (AvgIpc) is 3.10. The van der Waals surface area contributed by atoms with Crippen LogP contribution in [0.25, 0.3) is 10.9 Å². The third-order valence-corrected chi connectivity index (χ3v) is 4.77. The maximum atomic E-state index is 9.60. The molecule has 2 aromatic rings. The van der Waals surface area contributed by atoms with Crippen LogP contribution in [0.3, 0.4) is 0 Å². The van der Waals surface area contributed by atoms with Crippen LogP contribution in [0, 0.1) is 0 Å². The van der Waals surface area contributed by atoms with E-state index in [-0.39, 0.29) is 12.2 Å². The number of hydrogen-bond acceptors (Lipinski definition) is 6. The van der Waals surface area contributed by atoms with Crippen LogP contribution in [0.5, 0.6) is 5.75 Å². The second-order valence-corrected chi connectivity index (χ2v) is 6.67. The lowest BCUT2D eigenvalue weighted by atomic mass is 9.93. The Balaban J connectivity index is 1.48. The monoisotopic (exact) mass is 329 g/mol. The summed E-state index contributed by atoms with van der Waals surface area (Å²) in [5.41, 5.74) is 0.875. The van der Waals surface area contributed by atoms with Crippen LogP contribution in [0.4, 0.5) is 5.95 Å². The van der Waals surface area contributed by atoms with Crippen molar-refractivity contribution in [3.63, 3.8) is 0 Å². The molecule has 1 aromatic heterocycles. The highest BCUT2D eigenvalue weighted by molar-refractivity contribution is 5.80. The van der Waals surface area contributed by atoms with Crippen molar-refractivity contribution >= 4 is 16.9 Å². The van der Waals surface area contributed by atoms with Crippen molar-refractivity contribution in [2.45, 2.75) is 50.4 Å². The van der Waals surface area contributed by atoms with Crippen LogP contribution in [0.1, 0.15) is 32.1 Å². The van der Waals surface area contributed by atoms with Gasteiger partial charge in [0, 0.05) is 30.1 Å². The molecule has 6 nitrogen and oxygen atoms in total. The molecule has 2 heterocycles. The maximum Gasteiger partial charge on any atom is 0.223 e. The minimum atomic E-state index is -0.153. The zero-order valence-electron chi connectivity index (χ0n) is 13.6. The molecule has 2 fully saturated rings. The number of ether oxygens (including phenoxy) is 2. The normalized spacial score (nSPS) is 27.3. The molecular formula is C18H23N3O3. The molecule has 24 heavy (non-hydrogen) atoms. The van der Waals surface area contributed by atoms with Crippen LogP contribution in [0.2, 0.25) is 0 Å². The number of anilines is 1. The molecule has 0 spiro atoms. The summed E-state index contributed by atoms with van der Waals surface area (Å²) in [4.78, 5) is 9.04. The Hall–Kier alpha value is -1.92. The van der Waals surface area contributed by atoms with Gasteiger partial charge in [0.15, 0.2) is 0 Å². The minimum Gasteiger partial charge on any atom is -0.488 e. The SMILES string of the molecule is OC1CCC(Nc2ncc3ccc(OC4CCOC4)cc3n2)CC1. The van der Waals surface area contributed by atoms with Gasteiger partial charge in [0.25, 0.3) is 0 Å². The Morgan fingerprint density at radius 3 is 2.83 bits per heavy atom. The number of aromatic nitrogens is 2. The van der Waals surface area contributed by atoms with E-state index >= 15 is 0 Å². The number of benzene rings is 1. The number of nitrogens with one attached hydrogen (secondary N) is 1. The highest BCUT2D eigenvalue weighted by Gasteiger charge is 2.20. The summed E-state index contributed by atoms with van der Waals surface area (Å²) in [7, 11) is 0. The van der Waals surface area contributed by atoms with Gasteiger partial charge in [-0.05, 0) is 37.8 Å². The lowest BCUT2D eigenvalue weighted by Gasteiger charge is -2.26. The summed E-state index contributed by atoms with van der Waals surface area (Å²) in [5, 5.41) is 14.0. The van der Waals surface area contributed by atoms with Crippen molar-refractivity contribution in [3.8, 4) is 5.75 Å². The summed E-state index contributed by atoms with van der Waals surface area (Å²) in [6.07, 6.45) is 6.34. The first-order valence-corrected chi connectivity index (χ1v) is 8.72. The zero-order valence-corrected chi connectivity index (χ0v) is 13.6. The van der Waals surface area contributed by atoms with Crippen molar-refractivity contribution in [2.75, 3.05) is 18.5 Å². The van der Waals surface area contributed by atoms with E-state index in [0.29, 0.717) is 18.6 Å². The fourth-order valence-electron chi connectivity index (χ4n) is 3.35. The molecule has 6 heteroatoms. The summed E-state index contributed by atoms with van der Waals surface area (Å²) in [6, 6.07) is 6.24. The number of aliphatic hydroxyl groups excluding tert-OH is 1. The van der Waals surface area contributed by atoms with Gasteiger partial charge in [0.1, 0.15) is 11.9 Å². The Bertz CT molecular complexity index is 695. The number of fused-ring (bicyclic) bond motifs is 1. The minimum absolute atomic E-state index is 0.135. The van der Waals surface area contributed by atoms with Gasteiger partial charge in [-0.25, -0.2) is 9.97 Å². The standard InChI is InChI=1S/C18H23N3O3/c22-14-4-2-13(3-5-14)20-18-19-10-12-1-6-15(9-17(12)21-18)24-16-7-8-23-11-16/h1,6,9-10,13-14,16,22H,2-5,7-8,11H2,(H,19,20,21). The highest BCUT2D eigenvalue weighted by Crippen LogP contribution is 2.24. The van der Waals surface area contributed by atoms with Gasteiger partial charge < -0.3 is 19.9 Å². The number of rotatable bonds is 4. The maximum absolute atomic E-state index is 9.60. The quantitative estimate of drug-likeness (QED) is 0.897. The zero-order chi connectivity index (χ0) is 16.4. The average molecular weight is 329 g/mol. The summed E-state index contributed by atoms with van der Waals surface area (Å²) >= 11 is 0. The Morgan fingerprint density at radius 1 is 1.17 bits per heavy atom. The molecule has 0 amide bonds. The first-order chi connectivity index (χ1) is 11.8. The van der Waals surface area contributed by atoms with Gasteiger partial charge in [-0.1, -0.05) is 0 Å². The lowest BCUT2D eigenvalue weighted by molar-refractivity contribution is 0.126. The lowest BCUT2D eigenvalue weighted by Crippen LogP contribution is -2.28. The molecule has 4 rings (SSSR count). The predicted octanol–water partition coefficient (Wildman–Crippen LogP) is 2.51. The molecule has 0 radical (unpaired) electrons. The van der Waals surface area contributed by atoms with E-state index in [9.17, 15) is 5.11 Å². The van der Waals surface area contributed by atoms with Crippen LogP contribution in [0.15, 0.2) is 24.4 Å². The van der Waals surface area contributed by atoms with Gasteiger partial charge in [-0.2, -0.15) is 0 Å². The molecule has 2 N–H and O–H groups in total. The fraction of sp³-hybridized carbons (Fsp3) is 0.556. The molecule has 128 valence electrons. The smallest absolute Gasteiger partial charge is 0.223 e. The molecule has 1 saturated heterocycles. The van der Waals surface area contributed by atoms with Gasteiger partial charge >= 0.3 is 0 Å². The van der Waals surface area contributed by atoms with Crippen LogP contribution < -0.4 is 10.1 Å². The van der Waals surface area contributed by atoms with Crippen molar-refractivity contribution in [2.24, 2.45) is 0 Å². The fourth-order valence-corrected chi connectivity index (χ4v) is 3.35. The first kappa shape index (κ1) is 15.6. The van der Waals surface area contributed by atoms with Gasteiger partial charge in [0.2, 0.25) is 5.95 Å². The van der Waals surface area contributed by atoms with Crippen LogP contribution in [-0.4, -0.2) is 46.5 Å². The van der Waals surface area contributed by atoms with Crippen LogP contribution >= 0.6 is 0 Å². The van der Waals surface area contributed by atoms with E-state index < -0.39 is 0 Å². The molecule has 1 saturated carbocycles. The van der Waals surface area contributed by atoms with E-state index in [1.54, 1.807) is 0 Å². The number of hydrogen-bond donors (Lipinski definition) is 2. The predicted molar refractivity (Wildman–Crippen MR) is 91.3 cm³/mol. The number of nitrogens with zero attached hydrogens (tertiary/aromatic N) is 2. The van der Waals surface area contributed by atoms with Crippen molar-refractivity contribution in [1.82, 2.24) is 9.97 Å². The van der Waals surface area contributed by atoms with Crippen molar-refractivity contribution < 1.29 is 14.6 Å². The summed E-state index contributed by atoms with van der Waals surface area (Å²) < 4.78 is 11.3. The molecular weight excluding hydrogens is 306 g/mol. The summed E-state index contributed by atoms with van der Waals surface area (Å²) in [6.45, 7) is 1.42. The molecule has 1 aliphatic carbocycles. The second kappa shape index (κ2) is 6.91. The topological polar surface area (TPSA) is 76.5 Å².